The molecule has 4 rings (SSSR count). The summed E-state index contributed by atoms with van der Waals surface area (Å²) in [6.45, 7) is 18.0. The van der Waals surface area contributed by atoms with E-state index in [1.165, 1.54) is 75.3 Å². The van der Waals surface area contributed by atoms with Gasteiger partial charge in [0.25, 0.3) is 0 Å². The van der Waals surface area contributed by atoms with Crippen molar-refractivity contribution in [1.82, 2.24) is 0 Å². The van der Waals surface area contributed by atoms with Crippen LogP contribution in [0.5, 0.6) is 0 Å². The van der Waals surface area contributed by atoms with Gasteiger partial charge in [0, 0.05) is 0 Å². The molecule has 0 N–H and O–H groups in total. The summed E-state index contributed by atoms with van der Waals surface area (Å²) in [7, 11) is 0. The van der Waals surface area contributed by atoms with Crippen molar-refractivity contribution >= 4 is 0 Å². The molecule has 1 aromatic rings. The van der Waals surface area contributed by atoms with Gasteiger partial charge in [-0.3, -0.25) is 0 Å². The summed E-state index contributed by atoms with van der Waals surface area (Å²) < 4.78 is 0. The molecule has 1 aromatic carbocycles. The second-order valence-electron chi connectivity index (χ2n) is 11.4. The van der Waals surface area contributed by atoms with E-state index in [-0.39, 0.29) is 0 Å². The van der Waals surface area contributed by atoms with Gasteiger partial charge in [-0.15, -0.1) is 0 Å². The summed E-state index contributed by atoms with van der Waals surface area (Å²) in [5.41, 5.74) is 5.83. The quantitative estimate of drug-likeness (QED) is 0.353. The molecule has 0 heterocycles. The van der Waals surface area contributed by atoms with Gasteiger partial charge >= 0.3 is 0 Å². The van der Waals surface area contributed by atoms with Crippen molar-refractivity contribution in [3.8, 4) is 0 Å². The number of rotatable bonds is 0. The average molecular weight is 439 g/mol. The van der Waals surface area contributed by atoms with Gasteiger partial charge in [0.15, 0.2) is 0 Å². The standard InChI is InChI=1S/C8H16.2C8H14.C8H10/c4*1-7-3-5-8(2)6-4-7/h7-8H,3-6H2,1-2H3;2*3,8H,4-6H2,1-2H3;3-6H,1-2H3/t;2*8-;/m.10./s1. The lowest BCUT2D eigenvalue weighted by Gasteiger charge is -2.22. The first-order chi connectivity index (χ1) is 15.2. The molecule has 1 saturated carbocycles. The van der Waals surface area contributed by atoms with Crippen LogP contribution in [0.2, 0.25) is 0 Å². The van der Waals surface area contributed by atoms with Crippen LogP contribution >= 0.6 is 0 Å². The zero-order valence-corrected chi connectivity index (χ0v) is 22.8. The van der Waals surface area contributed by atoms with E-state index in [4.69, 9.17) is 0 Å². The van der Waals surface area contributed by atoms with Gasteiger partial charge in [0.2, 0.25) is 0 Å². The number of aryl methyl sites for hydroxylation is 2. The summed E-state index contributed by atoms with van der Waals surface area (Å²) in [6.07, 6.45) is 18.7. The highest BCUT2D eigenvalue weighted by Crippen LogP contribution is 2.27. The minimum Gasteiger partial charge on any atom is -0.0853 e. The number of benzene rings is 1. The van der Waals surface area contributed by atoms with E-state index in [1.54, 1.807) is 11.1 Å². The first-order valence-corrected chi connectivity index (χ1v) is 13.5. The molecule has 0 bridgehead atoms. The average Bonchev–Trinajstić information content (AvgIpc) is 2.78. The minimum absolute atomic E-state index is 0.943. The molecular weight excluding hydrogens is 384 g/mol. The third-order valence-electron chi connectivity index (χ3n) is 7.32. The zero-order chi connectivity index (χ0) is 23.9. The molecule has 2 atom stereocenters. The van der Waals surface area contributed by atoms with Crippen molar-refractivity contribution in [1.29, 1.82) is 0 Å². The lowest BCUT2D eigenvalue weighted by Crippen LogP contribution is -2.08. The fourth-order valence-electron chi connectivity index (χ4n) is 4.26. The highest BCUT2D eigenvalue weighted by Gasteiger charge is 2.13. The van der Waals surface area contributed by atoms with Crippen LogP contribution < -0.4 is 0 Å². The van der Waals surface area contributed by atoms with E-state index in [1.807, 2.05) is 0 Å². The van der Waals surface area contributed by atoms with Crippen LogP contribution in [-0.4, -0.2) is 0 Å². The second kappa shape index (κ2) is 16.3. The Bertz CT molecular complexity index is 593. The van der Waals surface area contributed by atoms with Crippen molar-refractivity contribution in [2.45, 2.75) is 120 Å². The summed E-state index contributed by atoms with van der Waals surface area (Å²) >= 11 is 0. The van der Waals surface area contributed by atoms with E-state index in [0.717, 1.165) is 23.7 Å². The van der Waals surface area contributed by atoms with Gasteiger partial charge in [-0.25, -0.2) is 0 Å². The van der Waals surface area contributed by atoms with Crippen LogP contribution in [0.1, 0.15) is 117 Å². The summed E-state index contributed by atoms with van der Waals surface area (Å²) in [6, 6.07) is 8.48. The maximum Gasteiger partial charge on any atom is -0.0320 e. The highest BCUT2D eigenvalue weighted by molar-refractivity contribution is 5.19. The van der Waals surface area contributed by atoms with Crippen molar-refractivity contribution in [3.05, 3.63) is 58.7 Å². The molecule has 182 valence electrons. The molecule has 32 heavy (non-hydrogen) atoms. The van der Waals surface area contributed by atoms with Crippen molar-refractivity contribution in [3.63, 3.8) is 0 Å². The zero-order valence-electron chi connectivity index (χ0n) is 22.8. The summed E-state index contributed by atoms with van der Waals surface area (Å²) in [4.78, 5) is 0. The van der Waals surface area contributed by atoms with Crippen molar-refractivity contribution in [2.75, 3.05) is 0 Å². The lowest BCUT2D eigenvalue weighted by atomic mass is 9.84. The maximum absolute atomic E-state index is 2.37. The van der Waals surface area contributed by atoms with E-state index < -0.39 is 0 Å². The molecule has 0 unspecified atom stereocenters. The Morgan fingerprint density at radius 1 is 0.469 bits per heavy atom. The van der Waals surface area contributed by atoms with Gasteiger partial charge in [-0.05, 0) is 89.9 Å². The molecule has 0 heteroatoms. The number of hydrogen-bond donors (Lipinski definition) is 0. The van der Waals surface area contributed by atoms with Crippen LogP contribution in [0.15, 0.2) is 47.6 Å². The Morgan fingerprint density at radius 2 is 0.781 bits per heavy atom. The highest BCUT2D eigenvalue weighted by atomic mass is 14.2. The summed E-state index contributed by atoms with van der Waals surface area (Å²) in [5.74, 6) is 3.93. The van der Waals surface area contributed by atoms with Crippen LogP contribution in [0.25, 0.3) is 0 Å². The predicted octanol–water partition coefficient (Wildman–Crippen LogP) is 10.6. The van der Waals surface area contributed by atoms with Gasteiger partial charge in [-0.2, -0.15) is 0 Å². The van der Waals surface area contributed by atoms with Crippen LogP contribution in [0, 0.1) is 37.5 Å². The fourth-order valence-corrected chi connectivity index (χ4v) is 4.26. The lowest BCUT2D eigenvalue weighted by molar-refractivity contribution is 0.308. The molecule has 0 nitrogen and oxygen atoms in total. The van der Waals surface area contributed by atoms with Crippen LogP contribution in [-0.2, 0) is 0 Å². The molecule has 3 aliphatic carbocycles. The Labute approximate surface area is 202 Å². The first-order valence-electron chi connectivity index (χ1n) is 13.5. The minimum atomic E-state index is 0.943. The second-order valence-corrected chi connectivity index (χ2v) is 11.4. The Morgan fingerprint density at radius 3 is 1.00 bits per heavy atom. The normalized spacial score (nSPS) is 27.1. The molecule has 1 fully saturated rings. The molecule has 0 amide bonds. The largest absolute Gasteiger partial charge is 0.0853 e. The molecule has 3 aliphatic rings. The van der Waals surface area contributed by atoms with Crippen LogP contribution in [0.3, 0.4) is 0 Å². The van der Waals surface area contributed by atoms with Crippen LogP contribution in [0.4, 0.5) is 0 Å². The smallest absolute Gasteiger partial charge is 0.0320 e. The van der Waals surface area contributed by atoms with E-state index >= 15 is 0 Å². The molecule has 0 aliphatic heterocycles. The summed E-state index contributed by atoms with van der Waals surface area (Å²) in [5, 5.41) is 0. The maximum atomic E-state index is 2.37. The van der Waals surface area contributed by atoms with Crippen molar-refractivity contribution < 1.29 is 0 Å². The predicted molar refractivity (Wildman–Crippen MR) is 146 cm³/mol. The Kier molecular flexibility index (Phi) is 14.7. The number of allylic oxidation sites excluding steroid dienone is 4. The molecule has 0 aromatic heterocycles. The molecular formula is C32H54. The van der Waals surface area contributed by atoms with Crippen molar-refractivity contribution in [2.24, 2.45) is 23.7 Å². The monoisotopic (exact) mass is 438 g/mol. The third kappa shape index (κ3) is 14.7. The van der Waals surface area contributed by atoms with E-state index in [9.17, 15) is 0 Å². The SMILES string of the molecule is CC1=CC[C@@H](C)CC1.CC1=CC[C@H](C)CC1.CC1CCC(C)CC1.Cc1ccc(C)cc1. The number of hydrogen-bond acceptors (Lipinski definition) is 0. The topological polar surface area (TPSA) is 0 Å². The van der Waals surface area contributed by atoms with Gasteiger partial charge in [0.1, 0.15) is 0 Å². The Hall–Kier alpha value is -1.30. The van der Waals surface area contributed by atoms with E-state index in [0.29, 0.717) is 0 Å². The molecule has 0 radical (unpaired) electrons. The van der Waals surface area contributed by atoms with Gasteiger partial charge in [-0.1, -0.05) is 112 Å². The van der Waals surface area contributed by atoms with Gasteiger partial charge < -0.3 is 0 Å². The molecule has 0 saturated heterocycles. The third-order valence-corrected chi connectivity index (χ3v) is 7.32. The first kappa shape index (κ1) is 28.7. The fraction of sp³-hybridized carbons (Fsp3) is 0.688. The molecule has 0 spiro atoms. The van der Waals surface area contributed by atoms with Gasteiger partial charge in [0.05, 0.1) is 0 Å². The van der Waals surface area contributed by atoms with E-state index in [2.05, 4.69) is 91.8 Å². The Balaban J connectivity index is 0.000000213.